The zero-order valence-electron chi connectivity index (χ0n) is 10.3. The van der Waals surface area contributed by atoms with Crippen LogP contribution in [0.2, 0.25) is 0 Å². The number of nitrogens with one attached hydrogen (secondary N) is 2. The van der Waals surface area contributed by atoms with Gasteiger partial charge in [-0.05, 0) is 31.0 Å². The Balaban J connectivity index is 1.91. The first-order valence-electron chi connectivity index (χ1n) is 6.00. The number of nitrogens with two attached hydrogens (primary N) is 1. The van der Waals surface area contributed by atoms with Crippen LogP contribution < -0.4 is 16.4 Å². The Morgan fingerprint density at radius 3 is 2.94 bits per heavy atom. The van der Waals surface area contributed by atoms with Crippen molar-refractivity contribution in [3.8, 4) is 0 Å². The average Bonchev–Trinajstić information content (AvgIpc) is 2.75. The van der Waals surface area contributed by atoms with Crippen molar-refractivity contribution in [2.24, 2.45) is 0 Å². The molecule has 1 heterocycles. The Labute approximate surface area is 106 Å². The minimum Gasteiger partial charge on any atom is -0.398 e. The molecule has 5 heteroatoms. The molecule has 2 amide bonds. The fraction of sp³-hybridized carbons (Fsp3) is 0.385. The van der Waals surface area contributed by atoms with Gasteiger partial charge in [-0.25, -0.2) is 0 Å². The third-order valence-electron chi connectivity index (χ3n) is 3.14. The molecule has 5 nitrogen and oxygen atoms in total. The number of rotatable bonds is 3. The van der Waals surface area contributed by atoms with Gasteiger partial charge in [-0.15, -0.1) is 0 Å². The maximum absolute atomic E-state index is 11.9. The molecule has 18 heavy (non-hydrogen) atoms. The highest BCUT2D eigenvalue weighted by Gasteiger charge is 2.21. The van der Waals surface area contributed by atoms with Crippen molar-refractivity contribution in [2.45, 2.75) is 25.8 Å². The molecule has 1 aromatic carbocycles. The van der Waals surface area contributed by atoms with Crippen molar-refractivity contribution >= 4 is 17.5 Å². The van der Waals surface area contributed by atoms with Crippen molar-refractivity contribution in [3.05, 3.63) is 29.3 Å². The Hall–Kier alpha value is -2.04. The minimum atomic E-state index is -0.164. The van der Waals surface area contributed by atoms with Crippen LogP contribution in [0, 0.1) is 6.92 Å². The molecule has 1 aromatic rings. The summed E-state index contributed by atoms with van der Waals surface area (Å²) in [4.78, 5) is 22.9. The van der Waals surface area contributed by atoms with E-state index in [1.165, 1.54) is 0 Å². The summed E-state index contributed by atoms with van der Waals surface area (Å²) in [6.45, 7) is 2.35. The number of anilines is 1. The fourth-order valence-electron chi connectivity index (χ4n) is 1.93. The topological polar surface area (TPSA) is 84.2 Å². The van der Waals surface area contributed by atoms with E-state index in [2.05, 4.69) is 10.6 Å². The largest absolute Gasteiger partial charge is 0.398 e. The van der Waals surface area contributed by atoms with E-state index >= 15 is 0 Å². The van der Waals surface area contributed by atoms with Gasteiger partial charge < -0.3 is 16.4 Å². The number of nitrogen functional groups attached to an aromatic ring is 1. The molecule has 1 unspecified atom stereocenters. The van der Waals surface area contributed by atoms with Crippen molar-refractivity contribution in [2.75, 3.05) is 12.3 Å². The zero-order valence-corrected chi connectivity index (χ0v) is 10.3. The van der Waals surface area contributed by atoms with Crippen LogP contribution in [0.1, 0.15) is 28.8 Å². The van der Waals surface area contributed by atoms with Gasteiger partial charge in [0, 0.05) is 30.3 Å². The Morgan fingerprint density at radius 1 is 1.56 bits per heavy atom. The molecular formula is C13H17N3O2. The van der Waals surface area contributed by atoms with Crippen LogP contribution in [0.4, 0.5) is 5.69 Å². The van der Waals surface area contributed by atoms with Crippen LogP contribution in [-0.2, 0) is 4.79 Å². The number of amides is 2. The molecule has 0 radical (unpaired) electrons. The lowest BCUT2D eigenvalue weighted by molar-refractivity contribution is -0.119. The molecule has 1 fully saturated rings. The molecule has 1 saturated heterocycles. The van der Waals surface area contributed by atoms with E-state index in [1.54, 1.807) is 12.1 Å². The SMILES string of the molecule is Cc1ccc(C(=O)NCC2CCC(=O)N2)cc1N. The first-order chi connectivity index (χ1) is 8.56. The first-order valence-corrected chi connectivity index (χ1v) is 6.00. The highest BCUT2D eigenvalue weighted by Crippen LogP contribution is 2.13. The number of carbonyl (C=O) groups excluding carboxylic acids is 2. The van der Waals surface area contributed by atoms with E-state index in [0.29, 0.717) is 24.2 Å². The number of hydrogen-bond acceptors (Lipinski definition) is 3. The first kappa shape index (κ1) is 12.4. The van der Waals surface area contributed by atoms with E-state index in [4.69, 9.17) is 5.73 Å². The Morgan fingerprint density at radius 2 is 2.33 bits per heavy atom. The average molecular weight is 247 g/mol. The predicted octanol–water partition coefficient (Wildman–Crippen LogP) is 0.586. The summed E-state index contributed by atoms with van der Waals surface area (Å²) in [5, 5.41) is 5.60. The van der Waals surface area contributed by atoms with Crippen molar-refractivity contribution < 1.29 is 9.59 Å². The molecule has 2 rings (SSSR count). The molecule has 0 aliphatic carbocycles. The van der Waals surface area contributed by atoms with Gasteiger partial charge in [-0.2, -0.15) is 0 Å². The highest BCUT2D eigenvalue weighted by molar-refractivity contribution is 5.95. The highest BCUT2D eigenvalue weighted by atomic mass is 16.2. The van der Waals surface area contributed by atoms with Gasteiger partial charge in [0.1, 0.15) is 0 Å². The van der Waals surface area contributed by atoms with Gasteiger partial charge in [-0.3, -0.25) is 9.59 Å². The van der Waals surface area contributed by atoms with Crippen LogP contribution in [0.15, 0.2) is 18.2 Å². The zero-order chi connectivity index (χ0) is 13.1. The van der Waals surface area contributed by atoms with Gasteiger partial charge >= 0.3 is 0 Å². The second-order valence-corrected chi connectivity index (χ2v) is 4.58. The normalized spacial score (nSPS) is 18.5. The number of aryl methyl sites for hydroxylation is 1. The molecular weight excluding hydrogens is 230 g/mol. The summed E-state index contributed by atoms with van der Waals surface area (Å²) in [5.41, 5.74) is 7.86. The van der Waals surface area contributed by atoms with E-state index in [9.17, 15) is 9.59 Å². The standard InChI is InChI=1S/C13H17N3O2/c1-8-2-3-9(6-11(8)14)13(18)15-7-10-4-5-12(17)16-10/h2-3,6,10H,4-5,7,14H2,1H3,(H,15,18)(H,16,17). The summed E-state index contributed by atoms with van der Waals surface area (Å²) in [6, 6.07) is 5.28. The van der Waals surface area contributed by atoms with E-state index in [0.717, 1.165) is 12.0 Å². The Kier molecular flexibility index (Phi) is 3.50. The lowest BCUT2D eigenvalue weighted by Crippen LogP contribution is -2.38. The lowest BCUT2D eigenvalue weighted by Gasteiger charge is -2.11. The van der Waals surface area contributed by atoms with Gasteiger partial charge in [0.2, 0.25) is 5.91 Å². The Bertz CT molecular complexity index is 485. The third kappa shape index (κ3) is 2.80. The van der Waals surface area contributed by atoms with Gasteiger partial charge in [0.15, 0.2) is 0 Å². The van der Waals surface area contributed by atoms with Crippen LogP contribution in [-0.4, -0.2) is 24.4 Å². The van der Waals surface area contributed by atoms with Crippen molar-refractivity contribution in [1.29, 1.82) is 0 Å². The number of carbonyl (C=O) groups is 2. The third-order valence-corrected chi connectivity index (χ3v) is 3.14. The quantitative estimate of drug-likeness (QED) is 0.683. The minimum absolute atomic E-state index is 0.0456. The summed E-state index contributed by atoms with van der Waals surface area (Å²) in [5.74, 6) is -0.114. The van der Waals surface area contributed by atoms with Gasteiger partial charge in [0.25, 0.3) is 5.91 Å². The van der Waals surface area contributed by atoms with Crippen LogP contribution in [0.3, 0.4) is 0 Å². The molecule has 0 bridgehead atoms. The molecule has 0 spiro atoms. The summed E-state index contributed by atoms with van der Waals surface area (Å²) < 4.78 is 0. The smallest absolute Gasteiger partial charge is 0.251 e. The van der Waals surface area contributed by atoms with E-state index in [-0.39, 0.29) is 17.9 Å². The summed E-state index contributed by atoms with van der Waals surface area (Å²) in [6.07, 6.45) is 1.31. The number of benzene rings is 1. The number of hydrogen-bond donors (Lipinski definition) is 3. The molecule has 4 N–H and O–H groups in total. The molecule has 0 saturated carbocycles. The van der Waals surface area contributed by atoms with Gasteiger partial charge in [0.05, 0.1) is 0 Å². The van der Waals surface area contributed by atoms with Crippen LogP contribution in [0.25, 0.3) is 0 Å². The van der Waals surface area contributed by atoms with Gasteiger partial charge in [-0.1, -0.05) is 6.07 Å². The summed E-state index contributed by atoms with van der Waals surface area (Å²) >= 11 is 0. The van der Waals surface area contributed by atoms with Crippen molar-refractivity contribution in [1.82, 2.24) is 10.6 Å². The van der Waals surface area contributed by atoms with Crippen molar-refractivity contribution in [3.63, 3.8) is 0 Å². The maximum atomic E-state index is 11.9. The monoisotopic (exact) mass is 247 g/mol. The molecule has 96 valence electrons. The molecule has 0 aromatic heterocycles. The van der Waals surface area contributed by atoms with E-state index in [1.807, 2.05) is 13.0 Å². The van der Waals surface area contributed by atoms with E-state index < -0.39 is 0 Å². The second-order valence-electron chi connectivity index (χ2n) is 4.58. The second kappa shape index (κ2) is 5.08. The maximum Gasteiger partial charge on any atom is 0.251 e. The predicted molar refractivity (Wildman–Crippen MR) is 69.1 cm³/mol. The summed E-state index contributed by atoms with van der Waals surface area (Å²) in [7, 11) is 0. The molecule has 1 atom stereocenters. The van der Waals surface area contributed by atoms with Crippen LogP contribution >= 0.6 is 0 Å². The molecule has 1 aliphatic heterocycles. The fourth-order valence-corrected chi connectivity index (χ4v) is 1.93. The van der Waals surface area contributed by atoms with Crippen LogP contribution in [0.5, 0.6) is 0 Å². The molecule has 1 aliphatic rings. The lowest BCUT2D eigenvalue weighted by atomic mass is 10.1.